The summed E-state index contributed by atoms with van der Waals surface area (Å²) in [5.41, 5.74) is 1.00. The molecule has 0 heterocycles. The van der Waals surface area contributed by atoms with Gasteiger partial charge in [-0.1, -0.05) is 24.3 Å². The van der Waals surface area contributed by atoms with E-state index in [2.05, 4.69) is 10.8 Å². The molecular formula is C16H20F2O2. The molecule has 1 aliphatic carbocycles. The van der Waals surface area contributed by atoms with Gasteiger partial charge in [0.1, 0.15) is 5.75 Å². The Morgan fingerprint density at radius 3 is 2.30 bits per heavy atom. The molecular weight excluding hydrogens is 262 g/mol. The lowest BCUT2D eigenvalue weighted by Gasteiger charge is -2.25. The Balaban J connectivity index is 1.85. The van der Waals surface area contributed by atoms with E-state index in [1.807, 2.05) is 6.08 Å². The van der Waals surface area contributed by atoms with Crippen molar-refractivity contribution in [1.82, 2.24) is 0 Å². The molecule has 0 spiro atoms. The van der Waals surface area contributed by atoms with Crippen LogP contribution in [0.4, 0.5) is 8.78 Å². The Labute approximate surface area is 118 Å². The Morgan fingerprint density at radius 2 is 1.75 bits per heavy atom. The van der Waals surface area contributed by atoms with Gasteiger partial charge in [-0.2, -0.15) is 8.78 Å². The average Bonchev–Trinajstić information content (AvgIpc) is 2.46. The second kappa shape index (κ2) is 7.39. The van der Waals surface area contributed by atoms with Crippen LogP contribution in [0.25, 0.3) is 6.08 Å². The summed E-state index contributed by atoms with van der Waals surface area (Å²) in [6.07, 6.45) is 9.15. The van der Waals surface area contributed by atoms with E-state index in [1.165, 1.54) is 0 Å². The average molecular weight is 282 g/mol. The minimum Gasteiger partial charge on any atom is -0.435 e. The number of allylic oxidation sites excluding steroid dienone is 1. The third-order valence-electron chi connectivity index (χ3n) is 3.72. The fourth-order valence-corrected chi connectivity index (χ4v) is 2.52. The van der Waals surface area contributed by atoms with Crippen molar-refractivity contribution in [1.29, 1.82) is 0 Å². The van der Waals surface area contributed by atoms with Gasteiger partial charge in [-0.05, 0) is 49.3 Å². The molecule has 0 N–H and O–H groups in total. The highest BCUT2D eigenvalue weighted by atomic mass is 19.3. The van der Waals surface area contributed by atoms with Crippen LogP contribution in [0.15, 0.2) is 30.3 Å². The van der Waals surface area contributed by atoms with Crippen molar-refractivity contribution in [2.75, 3.05) is 7.11 Å². The zero-order valence-electron chi connectivity index (χ0n) is 11.6. The minimum atomic E-state index is -2.77. The molecule has 1 aromatic rings. The molecule has 1 aliphatic rings. The maximum absolute atomic E-state index is 12.0. The zero-order chi connectivity index (χ0) is 14.4. The molecule has 0 aliphatic heterocycles. The van der Waals surface area contributed by atoms with Crippen LogP contribution in [0.3, 0.4) is 0 Å². The van der Waals surface area contributed by atoms with Crippen molar-refractivity contribution < 1.29 is 18.3 Å². The number of benzene rings is 1. The van der Waals surface area contributed by atoms with Crippen molar-refractivity contribution in [2.45, 2.75) is 38.4 Å². The number of halogens is 2. The Kier molecular flexibility index (Phi) is 5.53. The summed E-state index contributed by atoms with van der Waals surface area (Å²) in [6, 6.07) is 6.70. The van der Waals surface area contributed by atoms with Crippen LogP contribution in [0, 0.1) is 5.92 Å². The fraction of sp³-hybridized carbons (Fsp3) is 0.500. The largest absolute Gasteiger partial charge is 0.435 e. The van der Waals surface area contributed by atoms with Crippen molar-refractivity contribution in [3.8, 4) is 5.75 Å². The quantitative estimate of drug-likeness (QED) is 0.791. The maximum atomic E-state index is 12.0. The Hall–Kier alpha value is -1.42. The van der Waals surface area contributed by atoms with Gasteiger partial charge in [0, 0.05) is 7.11 Å². The first-order valence-electron chi connectivity index (χ1n) is 6.93. The monoisotopic (exact) mass is 282 g/mol. The highest BCUT2D eigenvalue weighted by Crippen LogP contribution is 2.27. The molecule has 110 valence electrons. The van der Waals surface area contributed by atoms with Gasteiger partial charge in [-0.25, -0.2) is 0 Å². The summed E-state index contributed by atoms with van der Waals surface area (Å²) in [6.45, 7) is -2.77. The lowest BCUT2D eigenvalue weighted by atomic mass is 9.87. The Morgan fingerprint density at radius 1 is 1.10 bits per heavy atom. The van der Waals surface area contributed by atoms with Crippen LogP contribution >= 0.6 is 0 Å². The highest BCUT2D eigenvalue weighted by Gasteiger charge is 2.18. The Bertz CT molecular complexity index is 421. The van der Waals surface area contributed by atoms with Crippen LogP contribution in [-0.2, 0) is 4.74 Å². The van der Waals surface area contributed by atoms with E-state index in [-0.39, 0.29) is 5.75 Å². The fourth-order valence-electron chi connectivity index (χ4n) is 2.52. The van der Waals surface area contributed by atoms with Crippen molar-refractivity contribution >= 4 is 6.08 Å². The lowest BCUT2D eigenvalue weighted by molar-refractivity contribution is -0.0498. The van der Waals surface area contributed by atoms with Crippen molar-refractivity contribution in [2.24, 2.45) is 5.92 Å². The summed E-state index contributed by atoms with van der Waals surface area (Å²) < 4.78 is 33.7. The van der Waals surface area contributed by atoms with E-state index >= 15 is 0 Å². The molecule has 1 saturated carbocycles. The summed E-state index contributed by atoms with van der Waals surface area (Å²) in [5, 5.41) is 0. The molecule has 2 rings (SSSR count). The standard InChI is InChI=1S/C16H20F2O2/c1-19-14-8-4-12(5-9-14)2-3-13-6-10-15(11-7-13)20-16(17)18/h2-3,6-7,10-12,14,16H,4-5,8-9H2,1H3. The molecule has 0 unspecified atom stereocenters. The molecule has 1 fully saturated rings. The van der Waals surface area contributed by atoms with Gasteiger partial charge in [0.15, 0.2) is 0 Å². The number of hydrogen-bond donors (Lipinski definition) is 0. The number of ether oxygens (including phenoxy) is 2. The highest BCUT2D eigenvalue weighted by molar-refractivity contribution is 5.50. The van der Waals surface area contributed by atoms with Gasteiger partial charge in [0.2, 0.25) is 0 Å². The first-order chi connectivity index (χ1) is 9.67. The topological polar surface area (TPSA) is 18.5 Å². The third kappa shape index (κ3) is 4.60. The number of hydrogen-bond acceptors (Lipinski definition) is 2. The summed E-state index contributed by atoms with van der Waals surface area (Å²) in [4.78, 5) is 0. The number of rotatable bonds is 5. The van der Waals surface area contributed by atoms with Crippen LogP contribution in [0.1, 0.15) is 31.2 Å². The summed E-state index contributed by atoms with van der Waals surface area (Å²) in [7, 11) is 1.77. The SMILES string of the molecule is COC1CCC(C=Cc2ccc(OC(F)F)cc2)CC1. The van der Waals surface area contributed by atoms with Crippen LogP contribution in [-0.4, -0.2) is 19.8 Å². The first-order valence-corrected chi connectivity index (χ1v) is 6.93. The van der Waals surface area contributed by atoms with Crippen LogP contribution < -0.4 is 4.74 Å². The predicted octanol–water partition coefficient (Wildman–Crippen LogP) is 4.51. The molecule has 1 aromatic carbocycles. The maximum Gasteiger partial charge on any atom is 0.387 e. The van der Waals surface area contributed by atoms with Gasteiger partial charge < -0.3 is 9.47 Å². The van der Waals surface area contributed by atoms with Gasteiger partial charge in [-0.15, -0.1) is 0 Å². The lowest BCUT2D eigenvalue weighted by Crippen LogP contribution is -2.19. The van der Waals surface area contributed by atoms with Gasteiger partial charge >= 0.3 is 6.61 Å². The van der Waals surface area contributed by atoms with Gasteiger partial charge in [0.25, 0.3) is 0 Å². The smallest absolute Gasteiger partial charge is 0.387 e. The van der Waals surface area contributed by atoms with E-state index < -0.39 is 6.61 Å². The molecule has 0 amide bonds. The molecule has 4 heteroatoms. The second-order valence-electron chi connectivity index (χ2n) is 5.08. The van der Waals surface area contributed by atoms with Crippen molar-refractivity contribution in [3.05, 3.63) is 35.9 Å². The molecule has 2 nitrogen and oxygen atoms in total. The van der Waals surface area contributed by atoms with Crippen LogP contribution in [0.2, 0.25) is 0 Å². The number of alkyl halides is 2. The second-order valence-corrected chi connectivity index (χ2v) is 5.08. The number of methoxy groups -OCH3 is 1. The van der Waals surface area contributed by atoms with E-state index in [0.717, 1.165) is 31.2 Å². The predicted molar refractivity (Wildman–Crippen MR) is 74.9 cm³/mol. The first kappa shape index (κ1) is 15.0. The van der Waals surface area contributed by atoms with Gasteiger partial charge in [-0.3, -0.25) is 0 Å². The molecule has 20 heavy (non-hydrogen) atoms. The molecule has 0 aromatic heterocycles. The summed E-state index contributed by atoms with van der Waals surface area (Å²) in [5.74, 6) is 0.774. The summed E-state index contributed by atoms with van der Waals surface area (Å²) >= 11 is 0. The normalized spacial score (nSPS) is 23.4. The molecule has 0 atom stereocenters. The van der Waals surface area contributed by atoms with Crippen LogP contribution in [0.5, 0.6) is 5.75 Å². The molecule has 0 bridgehead atoms. The van der Waals surface area contributed by atoms with E-state index in [4.69, 9.17) is 4.74 Å². The minimum absolute atomic E-state index is 0.192. The van der Waals surface area contributed by atoms with E-state index in [1.54, 1.807) is 31.4 Å². The molecule has 0 saturated heterocycles. The van der Waals surface area contributed by atoms with Crippen molar-refractivity contribution in [3.63, 3.8) is 0 Å². The van der Waals surface area contributed by atoms with E-state index in [0.29, 0.717) is 12.0 Å². The zero-order valence-corrected chi connectivity index (χ0v) is 11.6. The molecule has 0 radical (unpaired) electrons. The third-order valence-corrected chi connectivity index (χ3v) is 3.72. The van der Waals surface area contributed by atoms with Gasteiger partial charge in [0.05, 0.1) is 6.10 Å². The van der Waals surface area contributed by atoms with E-state index in [9.17, 15) is 8.78 Å².